The molecule has 0 aromatic heterocycles. The van der Waals surface area contributed by atoms with E-state index in [4.69, 9.17) is 14.6 Å². The number of aryl methyl sites for hydroxylation is 2. The van der Waals surface area contributed by atoms with Crippen LogP contribution in [0.25, 0.3) is 6.08 Å². The van der Waals surface area contributed by atoms with E-state index in [0.717, 1.165) is 11.6 Å². The van der Waals surface area contributed by atoms with E-state index in [1.807, 2.05) is 30.3 Å². The lowest BCUT2D eigenvalue weighted by molar-refractivity contribution is -0.187. The molecule has 0 saturated heterocycles. The number of rotatable bonds is 5. The molecule has 0 aliphatic carbocycles. The van der Waals surface area contributed by atoms with Gasteiger partial charge >= 0.3 is 12.1 Å². The van der Waals surface area contributed by atoms with E-state index in [1.54, 1.807) is 6.07 Å². The summed E-state index contributed by atoms with van der Waals surface area (Å²) >= 11 is 0. The Labute approximate surface area is 153 Å². The van der Waals surface area contributed by atoms with E-state index in [-0.39, 0.29) is 11.3 Å². The van der Waals surface area contributed by atoms with Gasteiger partial charge < -0.3 is 14.6 Å². The van der Waals surface area contributed by atoms with E-state index in [0.29, 0.717) is 24.2 Å². The van der Waals surface area contributed by atoms with Gasteiger partial charge in [0.05, 0.1) is 12.7 Å². The number of alkyl halides is 3. The molecule has 1 N–H and O–H groups in total. The zero-order valence-corrected chi connectivity index (χ0v) is 14.4. The molecular weight excluding hydrogens is 361 g/mol. The van der Waals surface area contributed by atoms with Crippen LogP contribution in [0, 0.1) is 0 Å². The van der Waals surface area contributed by atoms with Crippen LogP contribution in [0.2, 0.25) is 0 Å². The number of carbonyl (C=O) groups is 1. The molecule has 27 heavy (non-hydrogen) atoms. The third kappa shape index (κ3) is 4.07. The minimum Gasteiger partial charge on any atom is -0.497 e. The van der Waals surface area contributed by atoms with Crippen molar-refractivity contribution in [2.24, 2.45) is 0 Å². The minimum atomic E-state index is -4.83. The first-order valence-corrected chi connectivity index (χ1v) is 8.22. The van der Waals surface area contributed by atoms with Gasteiger partial charge in [0.25, 0.3) is 0 Å². The molecular formula is C20H17F3O4. The summed E-state index contributed by atoms with van der Waals surface area (Å²) in [5.41, 5.74) is 0.967. The van der Waals surface area contributed by atoms with Crippen LogP contribution in [0.5, 0.6) is 11.5 Å². The molecule has 7 heteroatoms. The van der Waals surface area contributed by atoms with E-state index in [9.17, 15) is 18.0 Å². The molecule has 0 bridgehead atoms. The van der Waals surface area contributed by atoms with Crippen LogP contribution in [0.15, 0.2) is 48.0 Å². The van der Waals surface area contributed by atoms with Gasteiger partial charge in [-0.05, 0) is 42.2 Å². The van der Waals surface area contributed by atoms with Crippen molar-refractivity contribution in [2.45, 2.75) is 25.1 Å². The van der Waals surface area contributed by atoms with E-state index < -0.39 is 23.8 Å². The Morgan fingerprint density at radius 1 is 1.19 bits per heavy atom. The van der Waals surface area contributed by atoms with Crippen molar-refractivity contribution in [3.8, 4) is 11.5 Å². The van der Waals surface area contributed by atoms with Gasteiger partial charge in [0.1, 0.15) is 11.5 Å². The zero-order valence-electron chi connectivity index (χ0n) is 14.4. The molecule has 2 aromatic carbocycles. The van der Waals surface area contributed by atoms with Crippen LogP contribution in [0.3, 0.4) is 0 Å². The van der Waals surface area contributed by atoms with E-state index in [2.05, 4.69) is 0 Å². The molecule has 1 heterocycles. The molecule has 142 valence electrons. The molecule has 2 aromatic rings. The summed E-state index contributed by atoms with van der Waals surface area (Å²) in [4.78, 5) is 11.3. The number of hydrogen-bond acceptors (Lipinski definition) is 3. The van der Waals surface area contributed by atoms with Crippen molar-refractivity contribution in [1.29, 1.82) is 0 Å². The fraction of sp³-hybridized carbons (Fsp3) is 0.250. The number of carboxylic acid groups (broad SMARTS) is 1. The van der Waals surface area contributed by atoms with Crippen molar-refractivity contribution in [1.82, 2.24) is 0 Å². The number of benzene rings is 2. The van der Waals surface area contributed by atoms with Gasteiger partial charge in [0, 0.05) is 5.56 Å². The van der Waals surface area contributed by atoms with Gasteiger partial charge in [-0.25, -0.2) is 4.79 Å². The van der Waals surface area contributed by atoms with Gasteiger partial charge in [0.2, 0.25) is 6.10 Å². The molecule has 0 amide bonds. The monoisotopic (exact) mass is 378 g/mol. The fourth-order valence-corrected chi connectivity index (χ4v) is 3.00. The second-order valence-electron chi connectivity index (χ2n) is 6.13. The first kappa shape index (κ1) is 18.8. The number of carboxylic acids is 1. The van der Waals surface area contributed by atoms with Crippen molar-refractivity contribution in [3.05, 3.63) is 64.7 Å². The van der Waals surface area contributed by atoms with Gasteiger partial charge in [-0.2, -0.15) is 13.2 Å². The SMILES string of the molecule is COc1cc2c(c(CCc3ccccc3)c1)OC(C(F)(F)F)C(C(=O)O)=C2. The lowest BCUT2D eigenvalue weighted by atomic mass is 9.95. The number of hydrogen-bond donors (Lipinski definition) is 1. The van der Waals surface area contributed by atoms with Crippen molar-refractivity contribution >= 4 is 12.0 Å². The van der Waals surface area contributed by atoms with Crippen LogP contribution in [0.4, 0.5) is 13.2 Å². The second-order valence-corrected chi connectivity index (χ2v) is 6.13. The highest BCUT2D eigenvalue weighted by molar-refractivity contribution is 5.95. The number of ether oxygens (including phenoxy) is 2. The maximum Gasteiger partial charge on any atom is 0.430 e. The quantitative estimate of drug-likeness (QED) is 0.844. The van der Waals surface area contributed by atoms with Crippen LogP contribution in [-0.2, 0) is 17.6 Å². The Morgan fingerprint density at radius 2 is 1.89 bits per heavy atom. The first-order valence-electron chi connectivity index (χ1n) is 8.22. The van der Waals surface area contributed by atoms with Gasteiger partial charge in [-0.1, -0.05) is 30.3 Å². The van der Waals surface area contributed by atoms with Gasteiger partial charge in [0.15, 0.2) is 0 Å². The molecule has 1 aliphatic rings. The Hall–Kier alpha value is -2.96. The fourth-order valence-electron chi connectivity index (χ4n) is 3.00. The highest BCUT2D eigenvalue weighted by Crippen LogP contribution is 2.41. The Balaban J connectivity index is 2.02. The highest BCUT2D eigenvalue weighted by atomic mass is 19.4. The van der Waals surface area contributed by atoms with Crippen molar-refractivity contribution < 1.29 is 32.5 Å². The number of methoxy groups -OCH3 is 1. The van der Waals surface area contributed by atoms with Gasteiger partial charge in [-0.3, -0.25) is 0 Å². The average molecular weight is 378 g/mol. The molecule has 1 unspecified atom stereocenters. The molecule has 0 fully saturated rings. The zero-order chi connectivity index (χ0) is 19.6. The van der Waals surface area contributed by atoms with Crippen molar-refractivity contribution in [3.63, 3.8) is 0 Å². The molecule has 4 nitrogen and oxygen atoms in total. The Morgan fingerprint density at radius 3 is 2.48 bits per heavy atom. The Kier molecular flexibility index (Phi) is 5.12. The summed E-state index contributed by atoms with van der Waals surface area (Å²) in [5, 5.41) is 9.17. The van der Waals surface area contributed by atoms with E-state index >= 15 is 0 Å². The van der Waals surface area contributed by atoms with E-state index in [1.165, 1.54) is 13.2 Å². The molecule has 1 atom stereocenters. The molecule has 0 saturated carbocycles. The summed E-state index contributed by atoms with van der Waals surface area (Å²) in [6.45, 7) is 0. The van der Waals surface area contributed by atoms with Crippen molar-refractivity contribution in [2.75, 3.05) is 7.11 Å². The highest BCUT2D eigenvalue weighted by Gasteiger charge is 2.48. The molecule has 3 rings (SSSR count). The predicted octanol–water partition coefficient (Wildman–Crippen LogP) is 4.27. The summed E-state index contributed by atoms with van der Waals surface area (Å²) in [5.74, 6) is -1.21. The molecule has 0 radical (unpaired) electrons. The Bertz CT molecular complexity index is 873. The summed E-state index contributed by atoms with van der Waals surface area (Å²) < 4.78 is 50.3. The summed E-state index contributed by atoms with van der Waals surface area (Å²) in [7, 11) is 1.44. The van der Waals surface area contributed by atoms with Crippen LogP contribution in [-0.4, -0.2) is 30.5 Å². The van der Waals surface area contributed by atoms with Crippen LogP contribution in [0.1, 0.15) is 16.7 Å². The topological polar surface area (TPSA) is 55.8 Å². The lowest BCUT2D eigenvalue weighted by Crippen LogP contribution is -2.40. The second kappa shape index (κ2) is 7.34. The van der Waals surface area contributed by atoms with Crippen LogP contribution >= 0.6 is 0 Å². The predicted molar refractivity (Wildman–Crippen MR) is 92.9 cm³/mol. The molecule has 0 spiro atoms. The number of fused-ring (bicyclic) bond motifs is 1. The average Bonchev–Trinajstić information content (AvgIpc) is 2.64. The summed E-state index contributed by atoms with van der Waals surface area (Å²) in [6, 6.07) is 12.6. The smallest absolute Gasteiger partial charge is 0.430 e. The lowest BCUT2D eigenvalue weighted by Gasteiger charge is -2.29. The van der Waals surface area contributed by atoms with Crippen LogP contribution < -0.4 is 9.47 Å². The third-order valence-electron chi connectivity index (χ3n) is 4.30. The largest absolute Gasteiger partial charge is 0.497 e. The number of halogens is 3. The first-order chi connectivity index (χ1) is 12.8. The molecule has 1 aliphatic heterocycles. The standard InChI is InChI=1S/C20H17F3O4/c1-26-15-9-13(8-7-12-5-3-2-4-6-12)17-14(10-15)11-16(19(24)25)18(27-17)20(21,22)23/h2-6,9-11,18H,7-8H2,1H3,(H,24,25). The maximum absolute atomic E-state index is 13.3. The maximum atomic E-state index is 13.3. The minimum absolute atomic E-state index is 0.0408. The number of aliphatic carboxylic acids is 1. The summed E-state index contributed by atoms with van der Waals surface area (Å²) in [6.07, 6.45) is -5.32. The van der Waals surface area contributed by atoms with Gasteiger partial charge in [-0.15, -0.1) is 0 Å². The normalized spacial score (nSPS) is 16.1. The third-order valence-corrected chi connectivity index (χ3v) is 4.30.